The van der Waals surface area contributed by atoms with E-state index in [4.69, 9.17) is 11.5 Å². The Morgan fingerprint density at radius 3 is 2.87 bits per heavy atom. The average molecular weight is 420 g/mol. The molecule has 31 heavy (non-hydrogen) atoms. The third-order valence-corrected chi connectivity index (χ3v) is 5.65. The maximum absolute atomic E-state index is 12.9. The van der Waals surface area contributed by atoms with Gasteiger partial charge >= 0.3 is 0 Å². The number of guanidine groups is 1. The molecule has 2 heterocycles. The average Bonchev–Trinajstić information content (AvgIpc) is 3.38. The summed E-state index contributed by atoms with van der Waals surface area (Å²) in [5.41, 5.74) is 18.3. The SMILES string of the molecule is CCCC(=NCN=C(N)N)c1ccc2c(c1)CC(C(=O)NC1=Cc3[nH]ccc3CC1)N2. The Hall–Kier alpha value is -3.55. The standard InChI is InChI=1S/C23H29N7O/c1-2-3-18(27-13-28-23(24)25)15-5-7-19-16(10-15)11-21(30-19)22(31)29-17-6-4-14-8-9-26-20(14)12-17/h5,7-10,12,21,26,30H,2-4,6,11,13H2,1H3,(H,29,31)(H4,24,25,28). The van der Waals surface area contributed by atoms with E-state index < -0.39 is 0 Å². The van der Waals surface area contributed by atoms with Crippen LogP contribution in [0.2, 0.25) is 0 Å². The Morgan fingerprint density at radius 1 is 1.19 bits per heavy atom. The van der Waals surface area contributed by atoms with Gasteiger partial charge < -0.3 is 27.1 Å². The van der Waals surface area contributed by atoms with Crippen LogP contribution in [0, 0.1) is 0 Å². The monoisotopic (exact) mass is 419 g/mol. The summed E-state index contributed by atoms with van der Waals surface area (Å²) in [4.78, 5) is 24.6. The first-order chi connectivity index (χ1) is 15.0. The molecule has 1 aliphatic carbocycles. The Kier molecular flexibility index (Phi) is 6.06. The first-order valence-electron chi connectivity index (χ1n) is 10.7. The van der Waals surface area contributed by atoms with E-state index in [9.17, 15) is 4.79 Å². The first-order valence-corrected chi connectivity index (χ1v) is 10.7. The fourth-order valence-corrected chi connectivity index (χ4v) is 4.08. The van der Waals surface area contributed by atoms with Crippen molar-refractivity contribution in [3.05, 3.63) is 58.5 Å². The lowest BCUT2D eigenvalue weighted by atomic mass is 10.0. The minimum atomic E-state index is -0.288. The number of rotatable bonds is 7. The Labute approximate surface area is 181 Å². The van der Waals surface area contributed by atoms with Crippen molar-refractivity contribution in [1.29, 1.82) is 0 Å². The topological polar surface area (TPSA) is 134 Å². The highest BCUT2D eigenvalue weighted by Gasteiger charge is 2.28. The van der Waals surface area contributed by atoms with Crippen LogP contribution in [0.5, 0.6) is 0 Å². The molecule has 0 saturated carbocycles. The van der Waals surface area contributed by atoms with Crippen LogP contribution in [-0.2, 0) is 17.6 Å². The van der Waals surface area contributed by atoms with E-state index >= 15 is 0 Å². The maximum atomic E-state index is 12.9. The second-order valence-electron chi connectivity index (χ2n) is 7.93. The van der Waals surface area contributed by atoms with Gasteiger partial charge in [-0.1, -0.05) is 19.4 Å². The zero-order chi connectivity index (χ0) is 21.8. The van der Waals surface area contributed by atoms with E-state index in [1.54, 1.807) is 0 Å². The molecule has 2 aliphatic rings. The van der Waals surface area contributed by atoms with Gasteiger partial charge in [0.05, 0.1) is 0 Å². The zero-order valence-electron chi connectivity index (χ0n) is 17.7. The molecule has 1 aromatic carbocycles. The van der Waals surface area contributed by atoms with Crippen LogP contribution in [0.4, 0.5) is 5.69 Å². The van der Waals surface area contributed by atoms with Gasteiger partial charge in [0.15, 0.2) is 5.96 Å². The van der Waals surface area contributed by atoms with E-state index in [1.165, 1.54) is 5.56 Å². The molecule has 162 valence electrons. The molecule has 1 unspecified atom stereocenters. The van der Waals surface area contributed by atoms with Crippen molar-refractivity contribution in [2.75, 3.05) is 12.0 Å². The number of amides is 1. The number of aryl methyl sites for hydroxylation is 1. The summed E-state index contributed by atoms with van der Waals surface area (Å²) in [6.07, 6.45) is 8.19. The van der Waals surface area contributed by atoms with Crippen LogP contribution in [0.25, 0.3) is 6.08 Å². The molecule has 4 rings (SSSR count). The molecule has 1 aromatic heterocycles. The lowest BCUT2D eigenvalue weighted by Crippen LogP contribution is -2.38. The highest BCUT2D eigenvalue weighted by molar-refractivity contribution is 6.01. The van der Waals surface area contributed by atoms with Gasteiger partial charge in [-0.05, 0) is 60.2 Å². The van der Waals surface area contributed by atoms with E-state index in [1.807, 2.05) is 24.4 Å². The molecule has 2 aromatic rings. The number of allylic oxidation sites excluding steroid dienone is 1. The number of benzene rings is 1. The van der Waals surface area contributed by atoms with Crippen molar-refractivity contribution in [1.82, 2.24) is 10.3 Å². The lowest BCUT2D eigenvalue weighted by Gasteiger charge is -2.17. The largest absolute Gasteiger partial charge is 0.373 e. The van der Waals surface area contributed by atoms with Gasteiger partial charge in [-0.2, -0.15) is 0 Å². The fourth-order valence-electron chi connectivity index (χ4n) is 4.08. The van der Waals surface area contributed by atoms with E-state index in [0.29, 0.717) is 6.42 Å². The van der Waals surface area contributed by atoms with Gasteiger partial charge in [0.1, 0.15) is 12.7 Å². The Bertz CT molecular complexity index is 1060. The molecule has 0 spiro atoms. The number of anilines is 1. The molecule has 1 aliphatic heterocycles. The number of carbonyl (C=O) groups excluding carboxylic acids is 1. The molecule has 0 bridgehead atoms. The lowest BCUT2D eigenvalue weighted by molar-refractivity contribution is -0.121. The fraction of sp³-hybridized carbons (Fsp3) is 0.348. The van der Waals surface area contributed by atoms with Crippen LogP contribution >= 0.6 is 0 Å². The van der Waals surface area contributed by atoms with Crippen LogP contribution in [0.3, 0.4) is 0 Å². The molecule has 0 radical (unpaired) electrons. The summed E-state index contributed by atoms with van der Waals surface area (Å²) in [6.45, 7) is 2.33. The second kappa shape index (κ2) is 9.07. The van der Waals surface area contributed by atoms with Crippen molar-refractivity contribution in [2.24, 2.45) is 21.5 Å². The van der Waals surface area contributed by atoms with Crippen molar-refractivity contribution >= 4 is 29.3 Å². The quantitative estimate of drug-likeness (QED) is 0.348. The second-order valence-corrected chi connectivity index (χ2v) is 7.93. The van der Waals surface area contributed by atoms with Crippen LogP contribution in [0.15, 0.2) is 46.1 Å². The number of nitrogens with two attached hydrogens (primary N) is 2. The third-order valence-electron chi connectivity index (χ3n) is 5.65. The molecular formula is C23H29N7O. The van der Waals surface area contributed by atoms with Crippen LogP contribution in [0.1, 0.15) is 48.6 Å². The molecule has 7 N–H and O–H groups in total. The van der Waals surface area contributed by atoms with E-state index in [-0.39, 0.29) is 24.6 Å². The van der Waals surface area contributed by atoms with Gasteiger partial charge in [0.25, 0.3) is 0 Å². The number of nitrogens with one attached hydrogen (secondary N) is 3. The third kappa shape index (κ3) is 4.79. The number of hydrogen-bond donors (Lipinski definition) is 5. The van der Waals surface area contributed by atoms with Crippen molar-refractivity contribution in [2.45, 2.75) is 45.1 Å². The van der Waals surface area contributed by atoms with Crippen molar-refractivity contribution in [3.8, 4) is 0 Å². The molecule has 8 nitrogen and oxygen atoms in total. The summed E-state index contributed by atoms with van der Waals surface area (Å²) >= 11 is 0. The normalized spacial score (nSPS) is 17.3. The highest BCUT2D eigenvalue weighted by Crippen LogP contribution is 2.28. The molecule has 0 fully saturated rings. The minimum absolute atomic E-state index is 0.00536. The molecule has 0 saturated heterocycles. The molecular weight excluding hydrogens is 390 g/mol. The number of nitrogens with zero attached hydrogens (tertiary/aromatic N) is 2. The number of carbonyl (C=O) groups is 1. The minimum Gasteiger partial charge on any atom is -0.373 e. The van der Waals surface area contributed by atoms with E-state index in [2.05, 4.69) is 44.7 Å². The number of aliphatic imine (C=N–C) groups is 2. The predicted molar refractivity (Wildman–Crippen MR) is 125 cm³/mol. The number of aromatic amines is 1. The van der Waals surface area contributed by atoms with Crippen molar-refractivity contribution in [3.63, 3.8) is 0 Å². The number of hydrogen-bond acceptors (Lipinski definition) is 4. The van der Waals surface area contributed by atoms with Crippen molar-refractivity contribution < 1.29 is 4.79 Å². The van der Waals surface area contributed by atoms with Gasteiger partial charge in [-0.3, -0.25) is 9.79 Å². The van der Waals surface area contributed by atoms with Gasteiger partial charge in [-0.25, -0.2) is 4.99 Å². The molecule has 8 heteroatoms. The maximum Gasteiger partial charge on any atom is 0.246 e. The Balaban J connectivity index is 1.44. The highest BCUT2D eigenvalue weighted by atomic mass is 16.2. The summed E-state index contributed by atoms with van der Waals surface area (Å²) in [6, 6.07) is 7.97. The predicted octanol–water partition coefficient (Wildman–Crippen LogP) is 2.27. The number of fused-ring (bicyclic) bond motifs is 2. The first kappa shape index (κ1) is 20.7. The van der Waals surface area contributed by atoms with Gasteiger partial charge in [-0.15, -0.1) is 0 Å². The van der Waals surface area contributed by atoms with Gasteiger partial charge in [0, 0.05) is 35.4 Å². The molecule has 1 atom stereocenters. The smallest absolute Gasteiger partial charge is 0.246 e. The summed E-state index contributed by atoms with van der Waals surface area (Å²) in [5.74, 6) is 0.0291. The van der Waals surface area contributed by atoms with Gasteiger partial charge in [0.2, 0.25) is 5.91 Å². The Morgan fingerprint density at radius 2 is 2.06 bits per heavy atom. The summed E-state index contributed by atoms with van der Waals surface area (Å²) < 4.78 is 0. The zero-order valence-corrected chi connectivity index (χ0v) is 17.7. The van der Waals surface area contributed by atoms with E-state index in [0.717, 1.165) is 59.6 Å². The molecule has 1 amide bonds. The summed E-state index contributed by atoms with van der Waals surface area (Å²) in [7, 11) is 0. The van der Waals surface area contributed by atoms with Crippen LogP contribution in [-0.4, -0.2) is 35.3 Å². The van der Waals surface area contributed by atoms with Crippen LogP contribution < -0.4 is 22.1 Å². The summed E-state index contributed by atoms with van der Waals surface area (Å²) in [5, 5.41) is 6.45. The number of aromatic nitrogens is 1. The number of H-pyrrole nitrogens is 1.